The van der Waals surface area contributed by atoms with Crippen LogP contribution in [0.25, 0.3) is 0 Å². The fourth-order valence-corrected chi connectivity index (χ4v) is 4.55. The molecule has 0 radical (unpaired) electrons. The number of ether oxygens (including phenoxy) is 1. The van der Waals surface area contributed by atoms with Gasteiger partial charge in [-0.25, -0.2) is 4.98 Å². The number of hydrogen-bond donors (Lipinski definition) is 1. The van der Waals surface area contributed by atoms with E-state index >= 15 is 0 Å². The zero-order valence-corrected chi connectivity index (χ0v) is 12.8. The van der Waals surface area contributed by atoms with E-state index in [2.05, 4.69) is 15.2 Å². The zero-order chi connectivity index (χ0) is 15.0. The molecule has 22 heavy (non-hydrogen) atoms. The first kappa shape index (κ1) is 13.6. The van der Waals surface area contributed by atoms with E-state index in [9.17, 15) is 4.79 Å². The van der Waals surface area contributed by atoms with E-state index in [0.29, 0.717) is 11.6 Å². The lowest BCUT2D eigenvalue weighted by Crippen LogP contribution is -2.60. The van der Waals surface area contributed by atoms with Crippen LogP contribution in [0.5, 0.6) is 5.88 Å². The minimum absolute atomic E-state index is 0.0258. The Balaban J connectivity index is 1.33. The molecule has 2 aliphatic heterocycles. The summed E-state index contributed by atoms with van der Waals surface area (Å²) in [5.41, 5.74) is 0.555. The van der Waals surface area contributed by atoms with Gasteiger partial charge in [0.05, 0.1) is 4.75 Å². The molecule has 0 aromatic carbocycles. The van der Waals surface area contributed by atoms with E-state index in [0.717, 1.165) is 25.3 Å². The standard InChI is InChI=1S/C15H16N4O2S/c20-14(12-4-6-17-18-12)19-9-15(10-19)7-11(8-22-15)21-13-3-1-2-5-16-13/h1-6,11H,7-10H2,(H,17,18). The first-order chi connectivity index (χ1) is 10.7. The smallest absolute Gasteiger partial charge is 0.271 e. The number of carbonyl (C=O) groups is 1. The van der Waals surface area contributed by atoms with Gasteiger partial charge in [0.1, 0.15) is 11.8 Å². The molecular weight excluding hydrogens is 300 g/mol. The van der Waals surface area contributed by atoms with E-state index in [4.69, 9.17) is 4.74 Å². The third-order valence-electron chi connectivity index (χ3n) is 4.08. The van der Waals surface area contributed by atoms with Crippen molar-refractivity contribution in [2.75, 3.05) is 18.8 Å². The predicted molar refractivity (Wildman–Crippen MR) is 83.0 cm³/mol. The van der Waals surface area contributed by atoms with Crippen LogP contribution in [0.4, 0.5) is 0 Å². The molecule has 7 heteroatoms. The SMILES string of the molecule is O=C(c1ccn[nH]1)N1CC2(CC(Oc3ccccn3)CS2)C1. The van der Waals surface area contributed by atoms with Crippen LogP contribution in [0.2, 0.25) is 0 Å². The molecule has 0 bridgehead atoms. The summed E-state index contributed by atoms with van der Waals surface area (Å²) in [5.74, 6) is 1.65. The van der Waals surface area contributed by atoms with E-state index in [1.54, 1.807) is 18.5 Å². The molecule has 1 amide bonds. The number of aromatic amines is 1. The number of thioether (sulfide) groups is 1. The summed E-state index contributed by atoms with van der Waals surface area (Å²) in [4.78, 5) is 18.3. The molecule has 4 heterocycles. The van der Waals surface area contributed by atoms with Crippen LogP contribution in [-0.2, 0) is 0 Å². The average molecular weight is 316 g/mol. The van der Waals surface area contributed by atoms with Gasteiger partial charge in [0.2, 0.25) is 5.88 Å². The molecule has 2 fully saturated rings. The van der Waals surface area contributed by atoms with Gasteiger partial charge in [-0.3, -0.25) is 9.89 Å². The third kappa shape index (κ3) is 2.45. The van der Waals surface area contributed by atoms with Crippen LogP contribution in [0.15, 0.2) is 36.7 Å². The first-order valence-corrected chi connectivity index (χ1v) is 8.23. The highest BCUT2D eigenvalue weighted by Crippen LogP contribution is 2.46. The minimum atomic E-state index is 0.0258. The van der Waals surface area contributed by atoms with Gasteiger partial charge in [-0.05, 0) is 12.1 Å². The summed E-state index contributed by atoms with van der Waals surface area (Å²) in [6, 6.07) is 7.39. The maximum absolute atomic E-state index is 12.2. The van der Waals surface area contributed by atoms with Crippen LogP contribution in [0.3, 0.4) is 0 Å². The Labute approximate surface area is 132 Å². The molecule has 6 nitrogen and oxygen atoms in total. The Kier molecular flexibility index (Phi) is 3.29. The Morgan fingerprint density at radius 2 is 2.27 bits per heavy atom. The number of nitrogens with zero attached hydrogens (tertiary/aromatic N) is 3. The van der Waals surface area contributed by atoms with Gasteiger partial charge in [0.15, 0.2) is 0 Å². The van der Waals surface area contributed by atoms with Gasteiger partial charge in [0.25, 0.3) is 5.91 Å². The van der Waals surface area contributed by atoms with Gasteiger partial charge < -0.3 is 9.64 Å². The van der Waals surface area contributed by atoms with Gasteiger partial charge in [-0.1, -0.05) is 6.07 Å². The second-order valence-electron chi connectivity index (χ2n) is 5.74. The fourth-order valence-electron chi connectivity index (χ4n) is 3.02. The molecule has 1 spiro atoms. The number of rotatable bonds is 3. The second-order valence-corrected chi connectivity index (χ2v) is 7.23. The molecule has 0 saturated carbocycles. The second kappa shape index (κ2) is 5.31. The van der Waals surface area contributed by atoms with E-state index in [1.165, 1.54) is 0 Å². The molecule has 0 aliphatic carbocycles. The Morgan fingerprint density at radius 1 is 1.36 bits per heavy atom. The summed E-state index contributed by atoms with van der Waals surface area (Å²) in [6.07, 6.45) is 4.47. The van der Waals surface area contributed by atoms with Crippen molar-refractivity contribution in [3.8, 4) is 5.88 Å². The molecule has 1 atom stereocenters. The number of pyridine rings is 1. The molecule has 1 unspecified atom stereocenters. The van der Waals surface area contributed by atoms with Crippen LogP contribution in [-0.4, -0.2) is 55.7 Å². The number of aromatic nitrogens is 3. The zero-order valence-electron chi connectivity index (χ0n) is 11.9. The summed E-state index contributed by atoms with van der Waals surface area (Å²) >= 11 is 1.90. The molecule has 2 saturated heterocycles. The maximum atomic E-state index is 12.2. The van der Waals surface area contributed by atoms with Crippen molar-refractivity contribution in [3.63, 3.8) is 0 Å². The fraction of sp³-hybridized carbons (Fsp3) is 0.400. The van der Waals surface area contributed by atoms with Crippen molar-refractivity contribution in [2.24, 2.45) is 0 Å². The lowest BCUT2D eigenvalue weighted by molar-refractivity contribution is 0.0510. The summed E-state index contributed by atoms with van der Waals surface area (Å²) in [7, 11) is 0. The highest BCUT2D eigenvalue weighted by molar-refractivity contribution is 8.01. The van der Waals surface area contributed by atoms with E-state index in [-0.39, 0.29) is 16.8 Å². The number of amides is 1. The monoisotopic (exact) mass is 316 g/mol. The average Bonchev–Trinajstić information content (AvgIpc) is 3.16. The minimum Gasteiger partial charge on any atom is -0.473 e. The van der Waals surface area contributed by atoms with Crippen LogP contribution in [0, 0.1) is 0 Å². The molecule has 2 aliphatic rings. The van der Waals surface area contributed by atoms with Crippen LogP contribution in [0.1, 0.15) is 16.9 Å². The molecular formula is C15H16N4O2S. The van der Waals surface area contributed by atoms with Crippen LogP contribution >= 0.6 is 11.8 Å². The predicted octanol–water partition coefficient (Wildman–Crippen LogP) is 1.58. The van der Waals surface area contributed by atoms with Crippen molar-refractivity contribution in [1.82, 2.24) is 20.1 Å². The summed E-state index contributed by atoms with van der Waals surface area (Å²) in [5, 5.41) is 6.55. The van der Waals surface area contributed by atoms with Crippen molar-refractivity contribution >= 4 is 17.7 Å². The Hall–Kier alpha value is -2.02. The van der Waals surface area contributed by atoms with Crippen LogP contribution < -0.4 is 4.74 Å². The molecule has 2 aromatic rings. The molecule has 4 rings (SSSR count). The molecule has 114 valence electrons. The summed E-state index contributed by atoms with van der Waals surface area (Å²) in [6.45, 7) is 1.55. The van der Waals surface area contributed by atoms with Crippen molar-refractivity contribution in [3.05, 3.63) is 42.4 Å². The number of likely N-dealkylation sites (tertiary alicyclic amines) is 1. The number of hydrogen-bond acceptors (Lipinski definition) is 5. The first-order valence-electron chi connectivity index (χ1n) is 7.24. The molecule has 2 aromatic heterocycles. The van der Waals surface area contributed by atoms with Gasteiger partial charge in [-0.15, -0.1) is 11.8 Å². The highest BCUT2D eigenvalue weighted by Gasteiger charge is 2.51. The highest BCUT2D eigenvalue weighted by atomic mass is 32.2. The van der Waals surface area contributed by atoms with E-state index in [1.807, 2.05) is 34.9 Å². The Bertz CT molecular complexity index is 655. The van der Waals surface area contributed by atoms with Crippen molar-refractivity contribution < 1.29 is 9.53 Å². The molecule has 1 N–H and O–H groups in total. The van der Waals surface area contributed by atoms with Crippen molar-refractivity contribution in [1.29, 1.82) is 0 Å². The third-order valence-corrected chi connectivity index (χ3v) is 5.65. The number of nitrogens with one attached hydrogen (secondary N) is 1. The lowest BCUT2D eigenvalue weighted by atomic mass is 9.92. The lowest BCUT2D eigenvalue weighted by Gasteiger charge is -2.47. The van der Waals surface area contributed by atoms with E-state index < -0.39 is 0 Å². The summed E-state index contributed by atoms with van der Waals surface area (Å²) < 4.78 is 6.07. The Morgan fingerprint density at radius 3 is 3.00 bits per heavy atom. The number of H-pyrrole nitrogens is 1. The number of carbonyl (C=O) groups excluding carboxylic acids is 1. The quantitative estimate of drug-likeness (QED) is 0.931. The largest absolute Gasteiger partial charge is 0.473 e. The normalized spacial score (nSPS) is 22.5. The van der Waals surface area contributed by atoms with Gasteiger partial charge >= 0.3 is 0 Å². The van der Waals surface area contributed by atoms with Gasteiger partial charge in [-0.2, -0.15) is 5.10 Å². The van der Waals surface area contributed by atoms with Gasteiger partial charge in [0, 0.05) is 43.7 Å². The topological polar surface area (TPSA) is 71.1 Å². The maximum Gasteiger partial charge on any atom is 0.271 e. The van der Waals surface area contributed by atoms with Crippen molar-refractivity contribution in [2.45, 2.75) is 17.3 Å².